The molecule has 0 bridgehead atoms. The maximum Gasteiger partial charge on any atom is 0.373 e. The van der Waals surface area contributed by atoms with Gasteiger partial charge in [0.1, 0.15) is 12.7 Å². The van der Waals surface area contributed by atoms with E-state index in [2.05, 4.69) is 51.6 Å². The van der Waals surface area contributed by atoms with Gasteiger partial charge in [0.25, 0.3) is 0 Å². The van der Waals surface area contributed by atoms with E-state index in [1.165, 1.54) is 5.56 Å². The molecule has 0 radical (unpaired) electrons. The van der Waals surface area contributed by atoms with E-state index in [0.29, 0.717) is 12.5 Å². The van der Waals surface area contributed by atoms with Gasteiger partial charge < -0.3 is 9.47 Å². The summed E-state index contributed by atoms with van der Waals surface area (Å²) in [7, 11) is 0. The number of esters is 1. The van der Waals surface area contributed by atoms with Crippen molar-refractivity contribution in [3.05, 3.63) is 59.9 Å². The van der Waals surface area contributed by atoms with Crippen LogP contribution in [0.1, 0.15) is 59.4 Å². The summed E-state index contributed by atoms with van der Waals surface area (Å²) in [6.07, 6.45) is 4.68. The van der Waals surface area contributed by atoms with E-state index in [1.54, 1.807) is 13.0 Å². The summed E-state index contributed by atoms with van der Waals surface area (Å²) in [5.74, 6) is 0.731. The lowest BCUT2D eigenvalue weighted by atomic mass is 9.64. The Hall–Kier alpha value is -2.03. The number of ether oxygens (including phenoxy) is 2. The van der Waals surface area contributed by atoms with E-state index in [0.717, 1.165) is 24.8 Å². The molecule has 0 N–H and O–H groups in total. The molecule has 3 atom stereocenters. The van der Waals surface area contributed by atoms with Gasteiger partial charge in [-0.1, -0.05) is 64.1 Å². The monoisotopic (exact) mass is 370 g/mol. The second kappa shape index (κ2) is 9.25. The molecule has 1 aliphatic carbocycles. The predicted octanol–water partition coefficient (Wildman–Crippen LogP) is 5.81. The fourth-order valence-electron chi connectivity index (χ4n) is 4.02. The van der Waals surface area contributed by atoms with Crippen molar-refractivity contribution in [2.24, 2.45) is 11.8 Å². The summed E-state index contributed by atoms with van der Waals surface area (Å²) in [5.41, 5.74) is 2.09. The van der Waals surface area contributed by atoms with Crippen LogP contribution in [0.5, 0.6) is 0 Å². The minimum absolute atomic E-state index is 0.0685. The smallest absolute Gasteiger partial charge is 0.373 e. The largest absolute Gasteiger partial charge is 0.482 e. The molecule has 0 unspecified atom stereocenters. The normalized spacial score (nSPS) is 23.6. The molecule has 0 aromatic heterocycles. The molecule has 3 nitrogen and oxygen atoms in total. The Kier molecular flexibility index (Phi) is 7.29. The van der Waals surface area contributed by atoms with Crippen LogP contribution in [-0.2, 0) is 19.7 Å². The lowest BCUT2D eigenvalue weighted by molar-refractivity contribution is -0.155. The van der Waals surface area contributed by atoms with Crippen LogP contribution in [-0.4, -0.2) is 18.7 Å². The van der Waals surface area contributed by atoms with Crippen LogP contribution in [0, 0.1) is 11.8 Å². The molecule has 1 aliphatic rings. The highest BCUT2D eigenvalue weighted by atomic mass is 16.6. The van der Waals surface area contributed by atoms with Crippen LogP contribution in [0.3, 0.4) is 0 Å². The summed E-state index contributed by atoms with van der Waals surface area (Å²) in [6.45, 7) is 14.6. The topological polar surface area (TPSA) is 35.5 Å². The van der Waals surface area contributed by atoms with Crippen molar-refractivity contribution in [1.29, 1.82) is 0 Å². The number of hydrogen-bond donors (Lipinski definition) is 0. The van der Waals surface area contributed by atoms with Gasteiger partial charge in [-0.15, -0.1) is 0 Å². The Morgan fingerprint density at radius 2 is 1.93 bits per heavy atom. The standard InChI is InChI=1S/C24H34O3/c1-7-21(26-16-17(2)3)23(25)27-22-15-18(4)13-14-20(22)24(5,6)19-11-9-8-10-12-19/h7-12,18,20,22H,2,13-16H2,1,3-6H3/b21-7-/t18-,20-,22-/m1/s1. The van der Waals surface area contributed by atoms with Gasteiger partial charge in [0.15, 0.2) is 0 Å². The summed E-state index contributed by atoms with van der Waals surface area (Å²) in [5, 5.41) is 0. The maximum absolute atomic E-state index is 12.7. The van der Waals surface area contributed by atoms with Gasteiger partial charge in [-0.3, -0.25) is 0 Å². The highest BCUT2D eigenvalue weighted by molar-refractivity contribution is 5.86. The van der Waals surface area contributed by atoms with Gasteiger partial charge in [0, 0.05) is 5.92 Å². The van der Waals surface area contributed by atoms with Crippen molar-refractivity contribution in [3.63, 3.8) is 0 Å². The molecular weight excluding hydrogens is 336 g/mol. The van der Waals surface area contributed by atoms with Crippen molar-refractivity contribution >= 4 is 5.97 Å². The Labute approximate surface area is 164 Å². The first kappa shape index (κ1) is 21.3. The predicted molar refractivity (Wildman–Crippen MR) is 110 cm³/mol. The van der Waals surface area contributed by atoms with E-state index >= 15 is 0 Å². The first-order valence-corrected chi connectivity index (χ1v) is 9.95. The van der Waals surface area contributed by atoms with E-state index in [4.69, 9.17) is 9.47 Å². The number of rotatable bonds is 7. The quantitative estimate of drug-likeness (QED) is 0.263. The molecule has 148 valence electrons. The molecule has 1 aromatic rings. The van der Waals surface area contributed by atoms with Gasteiger partial charge in [-0.05, 0) is 55.2 Å². The van der Waals surface area contributed by atoms with Crippen LogP contribution in [0.15, 0.2) is 54.3 Å². The number of hydrogen-bond acceptors (Lipinski definition) is 3. The Morgan fingerprint density at radius 1 is 1.26 bits per heavy atom. The third-order valence-corrected chi connectivity index (χ3v) is 5.69. The molecule has 0 heterocycles. The average molecular weight is 371 g/mol. The van der Waals surface area contributed by atoms with E-state index < -0.39 is 0 Å². The molecule has 0 amide bonds. The van der Waals surface area contributed by atoms with Gasteiger partial charge in [0.05, 0.1) is 0 Å². The third kappa shape index (κ3) is 5.47. The zero-order chi connectivity index (χ0) is 20.0. The second-order valence-electron chi connectivity index (χ2n) is 8.45. The highest BCUT2D eigenvalue weighted by Crippen LogP contribution is 2.43. The summed E-state index contributed by atoms with van der Waals surface area (Å²) < 4.78 is 11.6. The van der Waals surface area contributed by atoms with Crippen LogP contribution in [0.4, 0.5) is 0 Å². The fraction of sp³-hybridized carbons (Fsp3) is 0.542. The number of carbonyl (C=O) groups excluding carboxylic acids is 1. The molecule has 1 fully saturated rings. The maximum atomic E-state index is 12.7. The van der Waals surface area contributed by atoms with Gasteiger partial charge in [-0.2, -0.15) is 0 Å². The molecule has 0 aliphatic heterocycles. The molecule has 0 saturated heterocycles. The molecule has 3 heteroatoms. The fourth-order valence-corrected chi connectivity index (χ4v) is 4.02. The van der Waals surface area contributed by atoms with Crippen molar-refractivity contribution in [2.45, 2.75) is 65.4 Å². The second-order valence-corrected chi connectivity index (χ2v) is 8.45. The van der Waals surface area contributed by atoms with E-state index in [9.17, 15) is 4.79 Å². The average Bonchev–Trinajstić information content (AvgIpc) is 2.62. The zero-order valence-electron chi connectivity index (χ0n) is 17.5. The van der Waals surface area contributed by atoms with E-state index in [1.807, 2.05) is 13.0 Å². The summed E-state index contributed by atoms with van der Waals surface area (Å²) in [4.78, 5) is 12.7. The summed E-state index contributed by atoms with van der Waals surface area (Å²) in [6, 6.07) is 10.5. The van der Waals surface area contributed by atoms with Crippen LogP contribution < -0.4 is 0 Å². The first-order chi connectivity index (χ1) is 12.8. The Bertz CT molecular complexity index is 672. The van der Waals surface area contributed by atoms with Crippen LogP contribution >= 0.6 is 0 Å². The molecule has 1 saturated carbocycles. The molecule has 0 spiro atoms. The summed E-state index contributed by atoms with van der Waals surface area (Å²) >= 11 is 0. The zero-order valence-corrected chi connectivity index (χ0v) is 17.5. The van der Waals surface area contributed by atoms with Crippen molar-refractivity contribution in [2.75, 3.05) is 6.61 Å². The van der Waals surface area contributed by atoms with Gasteiger partial charge >= 0.3 is 5.97 Å². The number of allylic oxidation sites excluding steroid dienone is 1. The van der Waals surface area contributed by atoms with Crippen LogP contribution in [0.25, 0.3) is 0 Å². The lowest BCUT2D eigenvalue weighted by Gasteiger charge is -2.44. The van der Waals surface area contributed by atoms with Crippen molar-refractivity contribution < 1.29 is 14.3 Å². The minimum Gasteiger partial charge on any atom is -0.482 e. The first-order valence-electron chi connectivity index (χ1n) is 9.95. The Balaban J connectivity index is 2.18. The molecule has 27 heavy (non-hydrogen) atoms. The molecule has 1 aromatic carbocycles. The van der Waals surface area contributed by atoms with Crippen LogP contribution in [0.2, 0.25) is 0 Å². The lowest BCUT2D eigenvalue weighted by Crippen LogP contribution is -2.43. The van der Waals surface area contributed by atoms with Gasteiger partial charge in [0.2, 0.25) is 5.76 Å². The SMILES string of the molecule is C=C(C)CO/C(=C\C)C(=O)O[C@@H]1C[C@H](C)CC[C@H]1C(C)(C)c1ccccc1. The third-order valence-electron chi connectivity index (χ3n) is 5.69. The highest BCUT2D eigenvalue weighted by Gasteiger charge is 2.42. The van der Waals surface area contributed by atoms with Crippen molar-refractivity contribution in [1.82, 2.24) is 0 Å². The molecule has 2 rings (SSSR count). The number of carbonyl (C=O) groups is 1. The van der Waals surface area contributed by atoms with E-state index in [-0.39, 0.29) is 29.2 Å². The number of benzene rings is 1. The minimum atomic E-state index is -0.369. The van der Waals surface area contributed by atoms with Crippen molar-refractivity contribution in [3.8, 4) is 0 Å². The molecular formula is C24H34O3. The Morgan fingerprint density at radius 3 is 2.52 bits per heavy atom. The van der Waals surface area contributed by atoms with Gasteiger partial charge in [-0.25, -0.2) is 4.79 Å².